The minimum absolute atomic E-state index is 0.431. The Hall–Kier alpha value is -4.39. The van der Waals surface area contributed by atoms with Crippen LogP contribution in [0.3, 0.4) is 0 Å². The Morgan fingerprint density at radius 2 is 1.76 bits per heavy atom. The zero-order valence-electron chi connectivity index (χ0n) is 19.2. The summed E-state index contributed by atoms with van der Waals surface area (Å²) in [6, 6.07) is 19.0. The van der Waals surface area contributed by atoms with Gasteiger partial charge in [-0.15, -0.1) is 0 Å². The highest BCUT2D eigenvalue weighted by Crippen LogP contribution is 2.29. The summed E-state index contributed by atoms with van der Waals surface area (Å²) in [4.78, 5) is 24.5. The molecular formula is C27H25N3O4. The first-order valence-corrected chi connectivity index (χ1v) is 10.8. The predicted octanol–water partition coefficient (Wildman–Crippen LogP) is 5.25. The molecule has 2 aromatic heterocycles. The van der Waals surface area contributed by atoms with Gasteiger partial charge >= 0.3 is 5.97 Å². The fraction of sp³-hybridized carbons (Fsp3) is 0.148. The van der Waals surface area contributed by atoms with Crippen LogP contribution >= 0.6 is 0 Å². The zero-order chi connectivity index (χ0) is 24.1. The van der Waals surface area contributed by atoms with Gasteiger partial charge in [-0.2, -0.15) is 5.10 Å². The Bertz CT molecular complexity index is 1340. The van der Waals surface area contributed by atoms with E-state index in [1.807, 2.05) is 43.3 Å². The lowest BCUT2D eigenvalue weighted by Crippen LogP contribution is -2.21. The SMILES string of the molecule is Cc1cc(C)c(-c2cc(NC(=O)COC(=O)C=Cc3ccco3)n(-c3ccccc3)n2)cc1C. The number of carbonyl (C=O) groups excluding carboxylic acids is 2. The number of hydrogen-bond acceptors (Lipinski definition) is 5. The lowest BCUT2D eigenvalue weighted by molar-refractivity contribution is -0.142. The largest absolute Gasteiger partial charge is 0.465 e. The smallest absolute Gasteiger partial charge is 0.331 e. The number of hydrogen-bond donors (Lipinski definition) is 1. The fourth-order valence-electron chi connectivity index (χ4n) is 3.50. The summed E-state index contributed by atoms with van der Waals surface area (Å²) in [5.41, 5.74) is 5.98. The van der Waals surface area contributed by atoms with Gasteiger partial charge in [-0.05, 0) is 73.9 Å². The van der Waals surface area contributed by atoms with Gasteiger partial charge in [-0.3, -0.25) is 4.79 Å². The summed E-state index contributed by atoms with van der Waals surface area (Å²) >= 11 is 0. The second kappa shape index (κ2) is 10.0. The van der Waals surface area contributed by atoms with Crippen LogP contribution in [-0.4, -0.2) is 28.3 Å². The topological polar surface area (TPSA) is 86.4 Å². The molecule has 2 aromatic carbocycles. The summed E-state index contributed by atoms with van der Waals surface area (Å²) in [7, 11) is 0. The van der Waals surface area contributed by atoms with E-state index < -0.39 is 18.5 Å². The summed E-state index contributed by atoms with van der Waals surface area (Å²) in [5.74, 6) is -0.122. The molecule has 0 spiro atoms. The van der Waals surface area contributed by atoms with Gasteiger partial charge in [-0.1, -0.05) is 24.3 Å². The third-order valence-electron chi connectivity index (χ3n) is 5.37. The molecule has 7 nitrogen and oxygen atoms in total. The number of ether oxygens (including phenoxy) is 1. The first kappa shape index (κ1) is 22.8. The molecule has 1 amide bonds. The Balaban J connectivity index is 1.54. The molecule has 172 valence electrons. The summed E-state index contributed by atoms with van der Waals surface area (Å²) < 4.78 is 11.8. The average Bonchev–Trinajstić information content (AvgIpc) is 3.49. The Morgan fingerprint density at radius 1 is 1.00 bits per heavy atom. The molecule has 0 aliphatic heterocycles. The van der Waals surface area contributed by atoms with Gasteiger partial charge in [0, 0.05) is 17.7 Å². The van der Waals surface area contributed by atoms with Crippen LogP contribution in [0.15, 0.2) is 77.4 Å². The number of nitrogens with one attached hydrogen (secondary N) is 1. The number of esters is 1. The van der Waals surface area contributed by atoms with Crippen LogP contribution in [-0.2, 0) is 14.3 Å². The van der Waals surface area contributed by atoms with Crippen LogP contribution in [0, 0.1) is 20.8 Å². The number of amides is 1. The highest BCUT2D eigenvalue weighted by atomic mass is 16.5. The standard InChI is InChI=1S/C27H25N3O4/c1-18-14-20(3)23(15-19(18)2)24-16-25(30(29-24)21-8-5-4-6-9-21)28-26(31)17-34-27(32)12-11-22-10-7-13-33-22/h4-16H,17H2,1-3H3,(H,28,31). The van der Waals surface area contributed by atoms with Crippen molar-refractivity contribution in [2.24, 2.45) is 0 Å². The maximum absolute atomic E-state index is 12.6. The monoisotopic (exact) mass is 455 g/mol. The van der Waals surface area contributed by atoms with Crippen molar-refractivity contribution in [1.29, 1.82) is 0 Å². The van der Waals surface area contributed by atoms with E-state index in [-0.39, 0.29) is 0 Å². The van der Waals surface area contributed by atoms with E-state index in [0.29, 0.717) is 11.6 Å². The molecule has 34 heavy (non-hydrogen) atoms. The van der Waals surface area contributed by atoms with E-state index in [1.54, 1.807) is 16.8 Å². The van der Waals surface area contributed by atoms with Crippen molar-refractivity contribution in [3.05, 3.63) is 95.5 Å². The molecule has 0 aliphatic carbocycles. The highest BCUT2D eigenvalue weighted by molar-refractivity contribution is 5.94. The molecule has 4 aromatic rings. The lowest BCUT2D eigenvalue weighted by atomic mass is 9.99. The van der Waals surface area contributed by atoms with Crippen molar-refractivity contribution < 1.29 is 18.7 Å². The highest BCUT2D eigenvalue weighted by Gasteiger charge is 2.16. The summed E-state index contributed by atoms with van der Waals surface area (Å²) in [6.07, 6.45) is 4.19. The predicted molar refractivity (Wildman–Crippen MR) is 131 cm³/mol. The number of rotatable bonds is 7. The van der Waals surface area contributed by atoms with Crippen LogP contribution in [0.2, 0.25) is 0 Å². The second-order valence-corrected chi connectivity index (χ2v) is 7.92. The number of para-hydroxylation sites is 1. The normalized spacial score (nSPS) is 11.0. The lowest BCUT2D eigenvalue weighted by Gasteiger charge is -2.09. The van der Waals surface area contributed by atoms with Gasteiger partial charge in [-0.25, -0.2) is 9.48 Å². The van der Waals surface area contributed by atoms with Crippen LogP contribution in [0.4, 0.5) is 5.82 Å². The molecule has 0 saturated heterocycles. The van der Waals surface area contributed by atoms with Crippen molar-refractivity contribution in [2.45, 2.75) is 20.8 Å². The van der Waals surface area contributed by atoms with Crippen LogP contribution in [0.25, 0.3) is 23.0 Å². The quantitative estimate of drug-likeness (QED) is 0.304. The summed E-state index contributed by atoms with van der Waals surface area (Å²) in [5, 5.41) is 7.57. The number of anilines is 1. The molecule has 1 N–H and O–H groups in total. The number of nitrogens with zero attached hydrogens (tertiary/aromatic N) is 2. The molecule has 0 aliphatic rings. The average molecular weight is 456 g/mol. The van der Waals surface area contributed by atoms with Crippen LogP contribution in [0.1, 0.15) is 22.5 Å². The fourth-order valence-corrected chi connectivity index (χ4v) is 3.50. The van der Waals surface area contributed by atoms with Crippen LogP contribution in [0.5, 0.6) is 0 Å². The van der Waals surface area contributed by atoms with Gasteiger partial charge in [0.1, 0.15) is 11.6 Å². The molecule has 4 rings (SSSR count). The summed E-state index contributed by atoms with van der Waals surface area (Å²) in [6.45, 7) is 5.74. The molecule has 0 fully saturated rings. The van der Waals surface area contributed by atoms with Gasteiger partial charge in [0.25, 0.3) is 5.91 Å². The number of furan rings is 1. The minimum atomic E-state index is -0.644. The number of benzene rings is 2. The third-order valence-corrected chi connectivity index (χ3v) is 5.37. The third kappa shape index (κ3) is 5.32. The minimum Gasteiger partial charge on any atom is -0.465 e. The van der Waals surface area contributed by atoms with Crippen molar-refractivity contribution in [2.75, 3.05) is 11.9 Å². The van der Waals surface area contributed by atoms with E-state index in [1.165, 1.54) is 24.0 Å². The van der Waals surface area contributed by atoms with E-state index in [0.717, 1.165) is 28.1 Å². The Labute approximate surface area is 197 Å². The van der Waals surface area contributed by atoms with Gasteiger partial charge in [0.2, 0.25) is 0 Å². The number of aryl methyl sites for hydroxylation is 3. The second-order valence-electron chi connectivity index (χ2n) is 7.92. The van der Waals surface area contributed by atoms with Crippen LogP contribution < -0.4 is 5.32 Å². The molecule has 0 atom stereocenters. The van der Waals surface area contributed by atoms with Crippen molar-refractivity contribution in [3.63, 3.8) is 0 Å². The zero-order valence-corrected chi connectivity index (χ0v) is 19.2. The maximum atomic E-state index is 12.6. The molecule has 0 bridgehead atoms. The number of carbonyl (C=O) groups is 2. The molecule has 2 heterocycles. The van der Waals surface area contributed by atoms with E-state index in [2.05, 4.69) is 31.3 Å². The van der Waals surface area contributed by atoms with Crippen molar-refractivity contribution in [3.8, 4) is 16.9 Å². The van der Waals surface area contributed by atoms with Crippen molar-refractivity contribution >= 4 is 23.8 Å². The van der Waals surface area contributed by atoms with E-state index >= 15 is 0 Å². The van der Waals surface area contributed by atoms with Gasteiger partial charge < -0.3 is 14.5 Å². The van der Waals surface area contributed by atoms with Gasteiger partial charge in [0.15, 0.2) is 6.61 Å². The van der Waals surface area contributed by atoms with E-state index in [9.17, 15) is 9.59 Å². The Morgan fingerprint density at radius 3 is 2.50 bits per heavy atom. The Kier molecular flexibility index (Phi) is 6.73. The molecular weight excluding hydrogens is 430 g/mol. The molecule has 7 heteroatoms. The molecule has 0 radical (unpaired) electrons. The first-order chi connectivity index (χ1) is 16.4. The molecule has 0 unspecified atom stereocenters. The van der Waals surface area contributed by atoms with Gasteiger partial charge in [0.05, 0.1) is 17.6 Å². The van der Waals surface area contributed by atoms with E-state index in [4.69, 9.17) is 14.3 Å². The first-order valence-electron chi connectivity index (χ1n) is 10.8. The van der Waals surface area contributed by atoms with Crippen molar-refractivity contribution in [1.82, 2.24) is 9.78 Å². The number of aromatic nitrogens is 2. The maximum Gasteiger partial charge on any atom is 0.331 e. The molecule has 0 saturated carbocycles.